The highest BCUT2D eigenvalue weighted by Gasteiger charge is 2.37. The highest BCUT2D eigenvalue weighted by Crippen LogP contribution is 2.52. The largest absolute Gasteiger partial charge is 0.455 e. The molecular weight excluding hydrogens is 835 g/mol. The summed E-state index contributed by atoms with van der Waals surface area (Å²) in [6.45, 7) is 4.73. The number of para-hydroxylation sites is 1. The fourth-order valence-electron chi connectivity index (χ4n) is 11.1. The maximum Gasteiger partial charge on any atom is 0.143 e. The van der Waals surface area contributed by atoms with Crippen molar-refractivity contribution < 1.29 is 4.42 Å². The van der Waals surface area contributed by atoms with Crippen molar-refractivity contribution in [3.63, 3.8) is 0 Å². The van der Waals surface area contributed by atoms with Gasteiger partial charge in [0, 0.05) is 38.5 Å². The van der Waals surface area contributed by atoms with Crippen LogP contribution in [0.4, 0.5) is 17.1 Å². The predicted molar refractivity (Wildman–Crippen MR) is 291 cm³/mol. The van der Waals surface area contributed by atoms with Crippen molar-refractivity contribution in [2.75, 3.05) is 4.90 Å². The summed E-state index contributed by atoms with van der Waals surface area (Å²) in [4.78, 5) is 2.41. The van der Waals surface area contributed by atoms with Gasteiger partial charge in [0.05, 0.1) is 5.69 Å². The molecule has 0 amide bonds. The third-order valence-electron chi connectivity index (χ3n) is 14.5. The first-order valence-corrected chi connectivity index (χ1v) is 23.9. The molecule has 0 unspecified atom stereocenters. The molecule has 0 bridgehead atoms. The number of benzene rings is 11. The molecule has 2 nitrogen and oxygen atoms in total. The van der Waals surface area contributed by atoms with E-state index in [1.807, 2.05) is 0 Å². The van der Waals surface area contributed by atoms with Crippen molar-refractivity contribution in [1.82, 2.24) is 0 Å². The number of rotatable bonds is 8. The van der Waals surface area contributed by atoms with Gasteiger partial charge in [-0.05, 0) is 132 Å². The summed E-state index contributed by atoms with van der Waals surface area (Å²) in [5.41, 5.74) is 22.3. The predicted octanol–water partition coefficient (Wildman–Crippen LogP) is 18.9. The van der Waals surface area contributed by atoms with Crippen LogP contribution in [0.2, 0.25) is 0 Å². The topological polar surface area (TPSA) is 16.4 Å². The quantitative estimate of drug-likeness (QED) is 0.151. The van der Waals surface area contributed by atoms with Crippen molar-refractivity contribution in [3.8, 4) is 66.8 Å². The SMILES string of the molecule is CC1(C)c2ccccc2-c2cccc(-c3ccc(N(c4ccc(-c5ccc(-c6ccccc6)c(-c6ccccc6)c5)cc4)c4ccccc4-c4ccc5oc6c7ccccc7ccc6c5c4)cc3)c21. The number of fused-ring (bicyclic) bond motifs is 8. The Morgan fingerprint density at radius 3 is 1.68 bits per heavy atom. The third-order valence-corrected chi connectivity index (χ3v) is 14.5. The fraction of sp³-hybridized carbons (Fsp3) is 0.0448. The van der Waals surface area contributed by atoms with Gasteiger partial charge < -0.3 is 9.32 Å². The van der Waals surface area contributed by atoms with Gasteiger partial charge in [0.1, 0.15) is 11.2 Å². The molecule has 0 aliphatic heterocycles. The molecule has 1 aliphatic rings. The number of anilines is 3. The minimum absolute atomic E-state index is 0.119. The highest BCUT2D eigenvalue weighted by molar-refractivity contribution is 6.15. The van der Waals surface area contributed by atoms with Gasteiger partial charge in [-0.3, -0.25) is 0 Å². The normalized spacial score (nSPS) is 12.6. The Labute approximate surface area is 403 Å². The van der Waals surface area contributed by atoms with Crippen molar-refractivity contribution in [1.29, 1.82) is 0 Å². The highest BCUT2D eigenvalue weighted by atomic mass is 16.3. The molecule has 69 heavy (non-hydrogen) atoms. The summed E-state index contributed by atoms with van der Waals surface area (Å²) in [7, 11) is 0. The molecule has 13 rings (SSSR count). The first kappa shape index (κ1) is 40.5. The average molecular weight is 882 g/mol. The van der Waals surface area contributed by atoms with Crippen molar-refractivity contribution in [2.24, 2.45) is 0 Å². The lowest BCUT2D eigenvalue weighted by atomic mass is 9.79. The van der Waals surface area contributed by atoms with Crippen LogP contribution in [-0.4, -0.2) is 0 Å². The Morgan fingerprint density at radius 2 is 0.913 bits per heavy atom. The number of hydrogen-bond acceptors (Lipinski definition) is 2. The number of furan rings is 1. The summed E-state index contributed by atoms with van der Waals surface area (Å²) in [5, 5.41) is 4.53. The number of nitrogens with zero attached hydrogens (tertiary/aromatic N) is 1. The average Bonchev–Trinajstić information content (AvgIpc) is 3.91. The van der Waals surface area contributed by atoms with Gasteiger partial charge in [-0.15, -0.1) is 0 Å². The molecular formula is C67H47NO. The van der Waals surface area contributed by atoms with Crippen molar-refractivity contribution in [2.45, 2.75) is 19.3 Å². The molecule has 11 aromatic carbocycles. The minimum atomic E-state index is -0.119. The molecule has 0 N–H and O–H groups in total. The van der Waals surface area contributed by atoms with E-state index < -0.39 is 0 Å². The van der Waals surface area contributed by atoms with Crippen LogP contribution in [-0.2, 0) is 5.41 Å². The molecule has 0 saturated carbocycles. The van der Waals surface area contributed by atoms with Gasteiger partial charge in [-0.2, -0.15) is 0 Å². The second-order valence-corrected chi connectivity index (χ2v) is 18.8. The van der Waals surface area contributed by atoms with Crippen LogP contribution in [0.3, 0.4) is 0 Å². The second kappa shape index (κ2) is 16.3. The van der Waals surface area contributed by atoms with E-state index in [0.717, 1.165) is 61.1 Å². The fourth-order valence-corrected chi connectivity index (χ4v) is 11.1. The van der Waals surface area contributed by atoms with Crippen molar-refractivity contribution >= 4 is 49.8 Å². The lowest BCUT2D eigenvalue weighted by Gasteiger charge is -2.29. The van der Waals surface area contributed by atoms with E-state index >= 15 is 0 Å². The minimum Gasteiger partial charge on any atom is -0.455 e. The van der Waals surface area contributed by atoms with Crippen LogP contribution in [0.1, 0.15) is 25.0 Å². The molecule has 0 radical (unpaired) electrons. The first-order valence-electron chi connectivity index (χ1n) is 23.9. The van der Waals surface area contributed by atoms with Gasteiger partial charge in [-0.1, -0.05) is 208 Å². The van der Waals surface area contributed by atoms with Crippen LogP contribution in [0, 0.1) is 0 Å². The van der Waals surface area contributed by atoms with E-state index in [1.165, 1.54) is 66.6 Å². The molecule has 326 valence electrons. The Morgan fingerprint density at radius 1 is 0.333 bits per heavy atom. The molecule has 0 atom stereocenters. The molecule has 1 aromatic heterocycles. The summed E-state index contributed by atoms with van der Waals surface area (Å²) in [6.07, 6.45) is 0. The van der Waals surface area contributed by atoms with Gasteiger partial charge in [0.2, 0.25) is 0 Å². The molecule has 1 aliphatic carbocycles. The molecule has 12 aromatic rings. The molecule has 2 heteroatoms. The second-order valence-electron chi connectivity index (χ2n) is 18.8. The van der Waals surface area contributed by atoms with E-state index in [4.69, 9.17) is 4.42 Å². The van der Waals surface area contributed by atoms with Crippen LogP contribution >= 0.6 is 0 Å². The van der Waals surface area contributed by atoms with Crippen LogP contribution in [0.15, 0.2) is 253 Å². The van der Waals surface area contributed by atoms with Gasteiger partial charge in [0.25, 0.3) is 0 Å². The van der Waals surface area contributed by atoms with E-state index in [2.05, 4.69) is 267 Å². The zero-order valence-corrected chi connectivity index (χ0v) is 38.5. The van der Waals surface area contributed by atoms with Crippen molar-refractivity contribution in [3.05, 3.63) is 260 Å². The van der Waals surface area contributed by atoms with E-state index in [9.17, 15) is 0 Å². The molecule has 0 spiro atoms. The summed E-state index contributed by atoms with van der Waals surface area (Å²) in [5.74, 6) is 0. The van der Waals surface area contributed by atoms with Gasteiger partial charge in [0.15, 0.2) is 0 Å². The number of hydrogen-bond donors (Lipinski definition) is 0. The van der Waals surface area contributed by atoms with Gasteiger partial charge >= 0.3 is 0 Å². The van der Waals surface area contributed by atoms with Crippen LogP contribution < -0.4 is 4.90 Å². The first-order chi connectivity index (χ1) is 34.0. The Kier molecular flexibility index (Phi) is 9.55. The Hall–Kier alpha value is -8.72. The van der Waals surface area contributed by atoms with Gasteiger partial charge in [-0.25, -0.2) is 0 Å². The summed E-state index contributed by atoms with van der Waals surface area (Å²) >= 11 is 0. The van der Waals surface area contributed by atoms with E-state index in [1.54, 1.807) is 0 Å². The smallest absolute Gasteiger partial charge is 0.143 e. The monoisotopic (exact) mass is 881 g/mol. The standard InChI is InChI=1S/C67H47NO/c1-67(2)62-26-13-11-23-57(62)58-25-15-24-55(65(58)67)48-30-37-52(38-31-48)68(51-35-28-44(29-36-51)49-33-39-53(45-16-5-3-6-17-45)60(42-49)46-18-7-4-8-19-46)63-27-14-12-21-54(63)50-34-41-64-61(43-50)59-40-32-47-20-9-10-22-56(47)66(59)69-64/h3-43H,1-2H3. The molecule has 0 fully saturated rings. The molecule has 1 heterocycles. The summed E-state index contributed by atoms with van der Waals surface area (Å²) < 4.78 is 6.58. The van der Waals surface area contributed by atoms with E-state index in [-0.39, 0.29) is 5.41 Å². The maximum atomic E-state index is 6.58. The van der Waals surface area contributed by atoms with Crippen LogP contribution in [0.5, 0.6) is 0 Å². The Bertz CT molecular complexity index is 3900. The zero-order valence-electron chi connectivity index (χ0n) is 38.5. The van der Waals surface area contributed by atoms with Crippen LogP contribution in [0.25, 0.3) is 99.5 Å². The maximum absolute atomic E-state index is 6.58. The Balaban J connectivity index is 0.939. The van der Waals surface area contributed by atoms with E-state index in [0.29, 0.717) is 0 Å². The molecule has 0 saturated heterocycles. The zero-order chi connectivity index (χ0) is 46.1. The third kappa shape index (κ3) is 6.79. The lowest BCUT2D eigenvalue weighted by Crippen LogP contribution is -2.16. The lowest BCUT2D eigenvalue weighted by molar-refractivity contribution is 0.662. The summed E-state index contributed by atoms with van der Waals surface area (Å²) in [6, 6.07) is 90.6.